The van der Waals surface area contributed by atoms with Gasteiger partial charge in [-0.2, -0.15) is 12.6 Å². The van der Waals surface area contributed by atoms with E-state index in [1.165, 1.54) is 18.6 Å². The number of halogens is 2. The molecule has 0 saturated carbocycles. The summed E-state index contributed by atoms with van der Waals surface area (Å²) in [6.07, 6.45) is 4.46. The van der Waals surface area contributed by atoms with Crippen molar-refractivity contribution in [2.75, 3.05) is 12.4 Å². The van der Waals surface area contributed by atoms with Crippen molar-refractivity contribution in [3.63, 3.8) is 0 Å². The molecule has 0 fully saturated rings. The highest BCUT2D eigenvalue weighted by Crippen LogP contribution is 2.21. The Morgan fingerprint density at radius 3 is 2.62 bits per heavy atom. The topological polar surface area (TPSA) is 9.23 Å². The summed E-state index contributed by atoms with van der Waals surface area (Å²) < 4.78 is 18.3. The third-order valence-corrected chi connectivity index (χ3v) is 2.82. The molecule has 0 atom stereocenters. The Labute approximate surface area is 106 Å². The molecule has 0 aliphatic heterocycles. The van der Waals surface area contributed by atoms with Crippen LogP contribution in [-0.4, -0.2) is 12.4 Å². The molecule has 16 heavy (non-hydrogen) atoms. The van der Waals surface area contributed by atoms with Crippen LogP contribution in [0.5, 0.6) is 5.75 Å². The summed E-state index contributed by atoms with van der Waals surface area (Å²) in [6.45, 7) is 0.647. The molecule has 0 saturated heterocycles. The lowest BCUT2D eigenvalue weighted by molar-refractivity contribution is 0.304. The van der Waals surface area contributed by atoms with Crippen molar-refractivity contribution >= 4 is 24.2 Å². The van der Waals surface area contributed by atoms with Crippen molar-refractivity contribution in [1.29, 1.82) is 0 Å². The molecule has 0 heterocycles. The van der Waals surface area contributed by atoms with E-state index in [4.69, 9.17) is 16.3 Å². The monoisotopic (exact) mass is 262 g/mol. The summed E-state index contributed by atoms with van der Waals surface area (Å²) in [6, 6.07) is 4.41. The van der Waals surface area contributed by atoms with Gasteiger partial charge in [0.1, 0.15) is 11.6 Å². The normalized spacial score (nSPS) is 10.4. The molecule has 0 bridgehead atoms. The first-order valence-electron chi connectivity index (χ1n) is 5.43. The largest absolute Gasteiger partial charge is 0.494 e. The van der Waals surface area contributed by atoms with E-state index in [2.05, 4.69) is 12.6 Å². The van der Waals surface area contributed by atoms with Gasteiger partial charge in [0, 0.05) is 6.07 Å². The SMILES string of the molecule is Fc1ccc(OCCCCCCS)cc1Cl. The zero-order chi connectivity index (χ0) is 11.8. The Bertz CT molecular complexity index is 320. The first kappa shape index (κ1) is 13.7. The minimum absolute atomic E-state index is 0.104. The van der Waals surface area contributed by atoms with Crippen molar-refractivity contribution < 1.29 is 9.13 Å². The van der Waals surface area contributed by atoms with Crippen molar-refractivity contribution in [2.24, 2.45) is 0 Å². The molecule has 0 unspecified atom stereocenters. The summed E-state index contributed by atoms with van der Waals surface area (Å²) in [5, 5.41) is 0.104. The maximum absolute atomic E-state index is 12.8. The molecule has 1 rings (SSSR count). The van der Waals surface area contributed by atoms with Crippen LogP contribution in [0, 0.1) is 5.82 Å². The van der Waals surface area contributed by atoms with Crippen LogP contribution in [0.1, 0.15) is 25.7 Å². The Kier molecular flexibility index (Phi) is 6.65. The third-order valence-electron chi connectivity index (χ3n) is 2.21. The van der Waals surface area contributed by atoms with Gasteiger partial charge in [0.2, 0.25) is 0 Å². The van der Waals surface area contributed by atoms with E-state index in [1.807, 2.05) is 0 Å². The van der Waals surface area contributed by atoms with Crippen molar-refractivity contribution in [2.45, 2.75) is 25.7 Å². The maximum Gasteiger partial charge on any atom is 0.142 e. The van der Waals surface area contributed by atoms with Gasteiger partial charge in [0.05, 0.1) is 11.6 Å². The van der Waals surface area contributed by atoms with Gasteiger partial charge in [0.25, 0.3) is 0 Å². The van der Waals surface area contributed by atoms with E-state index < -0.39 is 5.82 Å². The molecule has 0 aromatic heterocycles. The number of thiol groups is 1. The van der Waals surface area contributed by atoms with Gasteiger partial charge in [0.15, 0.2) is 0 Å². The highest BCUT2D eigenvalue weighted by molar-refractivity contribution is 7.80. The van der Waals surface area contributed by atoms with Gasteiger partial charge in [-0.05, 0) is 30.7 Å². The molecule has 0 radical (unpaired) electrons. The summed E-state index contributed by atoms with van der Waals surface area (Å²) in [7, 11) is 0. The standard InChI is InChI=1S/C12H16ClFOS/c13-11-9-10(5-6-12(11)14)15-7-3-1-2-4-8-16/h5-6,9,16H,1-4,7-8H2. The van der Waals surface area contributed by atoms with Gasteiger partial charge in [-0.3, -0.25) is 0 Å². The predicted octanol–water partition coefficient (Wildman–Crippen LogP) is 4.35. The molecular formula is C12H16ClFOS. The van der Waals surface area contributed by atoms with Crippen LogP contribution in [0.15, 0.2) is 18.2 Å². The summed E-state index contributed by atoms with van der Waals surface area (Å²) >= 11 is 9.77. The zero-order valence-electron chi connectivity index (χ0n) is 9.09. The summed E-state index contributed by atoms with van der Waals surface area (Å²) in [5.74, 6) is 1.15. The van der Waals surface area contributed by atoms with Crippen LogP contribution in [0.3, 0.4) is 0 Å². The predicted molar refractivity (Wildman–Crippen MR) is 69.2 cm³/mol. The Morgan fingerprint density at radius 1 is 1.19 bits per heavy atom. The maximum atomic E-state index is 12.8. The van der Waals surface area contributed by atoms with Crippen molar-refractivity contribution in [3.8, 4) is 5.75 Å². The Hall–Kier alpha value is -0.410. The van der Waals surface area contributed by atoms with Gasteiger partial charge in [-0.1, -0.05) is 24.4 Å². The fourth-order valence-electron chi connectivity index (χ4n) is 1.32. The van der Waals surface area contributed by atoms with Gasteiger partial charge in [-0.15, -0.1) is 0 Å². The van der Waals surface area contributed by atoms with Gasteiger partial charge < -0.3 is 4.74 Å². The number of hydrogen-bond acceptors (Lipinski definition) is 2. The number of rotatable bonds is 7. The van der Waals surface area contributed by atoms with Crippen LogP contribution < -0.4 is 4.74 Å². The first-order chi connectivity index (χ1) is 7.74. The van der Waals surface area contributed by atoms with E-state index in [-0.39, 0.29) is 5.02 Å². The third kappa shape index (κ3) is 5.08. The number of unbranched alkanes of at least 4 members (excludes halogenated alkanes) is 3. The minimum atomic E-state index is -0.414. The quantitative estimate of drug-likeness (QED) is 0.568. The molecule has 1 aromatic rings. The minimum Gasteiger partial charge on any atom is -0.494 e. The van der Waals surface area contributed by atoms with E-state index in [9.17, 15) is 4.39 Å². The van der Waals surface area contributed by atoms with Crippen LogP contribution in [-0.2, 0) is 0 Å². The lowest BCUT2D eigenvalue weighted by Gasteiger charge is -2.06. The van der Waals surface area contributed by atoms with E-state index in [0.29, 0.717) is 12.4 Å². The highest BCUT2D eigenvalue weighted by atomic mass is 35.5. The van der Waals surface area contributed by atoms with Gasteiger partial charge in [-0.25, -0.2) is 4.39 Å². The highest BCUT2D eigenvalue weighted by Gasteiger charge is 2.01. The average Bonchev–Trinajstić information content (AvgIpc) is 2.28. The van der Waals surface area contributed by atoms with Crippen LogP contribution in [0.4, 0.5) is 4.39 Å². The number of ether oxygens (including phenoxy) is 1. The van der Waals surface area contributed by atoms with Gasteiger partial charge >= 0.3 is 0 Å². The smallest absolute Gasteiger partial charge is 0.142 e. The Balaban J connectivity index is 2.19. The van der Waals surface area contributed by atoms with Crippen LogP contribution in [0.25, 0.3) is 0 Å². The molecule has 4 heteroatoms. The van der Waals surface area contributed by atoms with Crippen LogP contribution in [0.2, 0.25) is 5.02 Å². The second kappa shape index (κ2) is 7.80. The zero-order valence-corrected chi connectivity index (χ0v) is 10.7. The molecule has 0 aliphatic rings. The lowest BCUT2D eigenvalue weighted by atomic mass is 10.2. The van der Waals surface area contributed by atoms with E-state index in [1.54, 1.807) is 6.07 Å². The second-order valence-electron chi connectivity index (χ2n) is 3.56. The molecule has 90 valence electrons. The Morgan fingerprint density at radius 2 is 1.94 bits per heavy atom. The number of hydrogen-bond donors (Lipinski definition) is 1. The molecular weight excluding hydrogens is 247 g/mol. The molecule has 0 amide bonds. The first-order valence-corrected chi connectivity index (χ1v) is 6.44. The van der Waals surface area contributed by atoms with E-state index >= 15 is 0 Å². The number of benzene rings is 1. The average molecular weight is 263 g/mol. The molecule has 0 aliphatic carbocycles. The molecule has 0 spiro atoms. The summed E-state index contributed by atoms with van der Waals surface area (Å²) in [5.41, 5.74) is 0. The fourth-order valence-corrected chi connectivity index (χ4v) is 1.72. The summed E-state index contributed by atoms with van der Waals surface area (Å²) in [4.78, 5) is 0. The van der Waals surface area contributed by atoms with Crippen molar-refractivity contribution in [1.82, 2.24) is 0 Å². The lowest BCUT2D eigenvalue weighted by Crippen LogP contribution is -1.97. The molecule has 1 aromatic carbocycles. The van der Waals surface area contributed by atoms with Crippen LogP contribution >= 0.6 is 24.2 Å². The second-order valence-corrected chi connectivity index (χ2v) is 4.42. The molecule has 0 N–H and O–H groups in total. The van der Waals surface area contributed by atoms with E-state index in [0.717, 1.165) is 25.0 Å². The molecule has 1 nitrogen and oxygen atoms in total. The fraction of sp³-hybridized carbons (Fsp3) is 0.500. The van der Waals surface area contributed by atoms with Crippen molar-refractivity contribution in [3.05, 3.63) is 29.0 Å².